The standard InChI is InChI=1S/C10H11ClN2/c1-2-7-3-9(11)5-8-6-12-13-10(8)4-7/h4-6H,2-3H2,1H3,(H,12,13). The van der Waals surface area contributed by atoms with Crippen LogP contribution in [0.25, 0.3) is 12.2 Å². The Labute approximate surface area is 82.3 Å². The van der Waals surface area contributed by atoms with Crippen LogP contribution in [0, 0.1) is 0 Å². The Morgan fingerprint density at radius 2 is 2.38 bits per heavy atom. The van der Waals surface area contributed by atoms with Gasteiger partial charge in [0.25, 0.3) is 0 Å². The van der Waals surface area contributed by atoms with Crippen LogP contribution in [-0.4, -0.2) is 10.2 Å². The van der Waals surface area contributed by atoms with Gasteiger partial charge in [-0.05, 0) is 18.6 Å². The zero-order chi connectivity index (χ0) is 9.26. The maximum Gasteiger partial charge on any atom is 0.0920 e. The quantitative estimate of drug-likeness (QED) is 0.731. The molecule has 0 amide bonds. The van der Waals surface area contributed by atoms with Gasteiger partial charge in [-0.2, -0.15) is 5.10 Å². The van der Waals surface area contributed by atoms with Crippen molar-refractivity contribution < 1.29 is 0 Å². The van der Waals surface area contributed by atoms with E-state index in [1.54, 1.807) is 0 Å². The summed E-state index contributed by atoms with van der Waals surface area (Å²) >= 11 is 6.06. The number of nitrogens with zero attached hydrogens (tertiary/aromatic N) is 1. The van der Waals surface area contributed by atoms with Gasteiger partial charge in [0.2, 0.25) is 0 Å². The van der Waals surface area contributed by atoms with E-state index in [0.717, 1.165) is 29.1 Å². The maximum absolute atomic E-state index is 6.06. The van der Waals surface area contributed by atoms with Crippen molar-refractivity contribution in [3.8, 4) is 0 Å². The van der Waals surface area contributed by atoms with Crippen LogP contribution in [0.15, 0.2) is 16.8 Å². The second kappa shape index (κ2) is 3.38. The Morgan fingerprint density at radius 3 is 3.15 bits per heavy atom. The van der Waals surface area contributed by atoms with E-state index >= 15 is 0 Å². The molecule has 2 rings (SSSR count). The molecule has 2 nitrogen and oxygen atoms in total. The van der Waals surface area contributed by atoms with E-state index in [-0.39, 0.29) is 0 Å². The first-order valence-corrected chi connectivity index (χ1v) is 4.76. The molecule has 0 aliphatic heterocycles. The van der Waals surface area contributed by atoms with E-state index in [4.69, 9.17) is 11.6 Å². The van der Waals surface area contributed by atoms with Gasteiger partial charge in [0.15, 0.2) is 0 Å². The minimum Gasteiger partial charge on any atom is -0.285 e. The molecular weight excluding hydrogens is 184 g/mol. The third-order valence-corrected chi connectivity index (χ3v) is 2.45. The maximum atomic E-state index is 6.06. The number of H-pyrrole nitrogens is 1. The lowest BCUT2D eigenvalue weighted by molar-refractivity contribution is 1.03. The summed E-state index contributed by atoms with van der Waals surface area (Å²) < 4.78 is 0. The first-order chi connectivity index (χ1) is 6.29. The number of aromatic nitrogens is 2. The third-order valence-electron chi connectivity index (χ3n) is 2.20. The highest BCUT2D eigenvalue weighted by atomic mass is 35.5. The van der Waals surface area contributed by atoms with E-state index in [1.807, 2.05) is 12.3 Å². The van der Waals surface area contributed by atoms with Crippen LogP contribution in [-0.2, 0) is 0 Å². The number of aromatic amines is 1. The molecule has 1 aliphatic carbocycles. The number of rotatable bonds is 1. The lowest BCUT2D eigenvalue weighted by atomic mass is 10.1. The Bertz CT molecular complexity index is 374. The topological polar surface area (TPSA) is 28.7 Å². The summed E-state index contributed by atoms with van der Waals surface area (Å²) in [5.74, 6) is 0. The zero-order valence-corrected chi connectivity index (χ0v) is 8.23. The third kappa shape index (κ3) is 1.68. The van der Waals surface area contributed by atoms with Crippen molar-refractivity contribution in [3.63, 3.8) is 0 Å². The summed E-state index contributed by atoms with van der Waals surface area (Å²) in [6.07, 6.45) is 7.83. The van der Waals surface area contributed by atoms with Crippen LogP contribution in [0.4, 0.5) is 0 Å². The van der Waals surface area contributed by atoms with Crippen LogP contribution in [0.2, 0.25) is 0 Å². The molecule has 1 aromatic rings. The smallest absolute Gasteiger partial charge is 0.0920 e. The largest absolute Gasteiger partial charge is 0.285 e. The number of allylic oxidation sites excluding steroid dienone is 2. The average Bonchev–Trinajstić information content (AvgIpc) is 2.46. The molecule has 1 N–H and O–H groups in total. The van der Waals surface area contributed by atoms with Crippen molar-refractivity contribution in [2.24, 2.45) is 0 Å². The molecule has 0 fully saturated rings. The van der Waals surface area contributed by atoms with Crippen LogP contribution >= 0.6 is 11.6 Å². The molecule has 0 atom stereocenters. The second-order valence-corrected chi connectivity index (χ2v) is 3.64. The summed E-state index contributed by atoms with van der Waals surface area (Å²) in [6, 6.07) is 0. The number of fused-ring (bicyclic) bond motifs is 1. The van der Waals surface area contributed by atoms with Gasteiger partial charge in [0.05, 0.1) is 5.69 Å². The van der Waals surface area contributed by atoms with Crippen LogP contribution in [0.3, 0.4) is 0 Å². The lowest BCUT2D eigenvalue weighted by Crippen LogP contribution is -1.80. The van der Waals surface area contributed by atoms with Gasteiger partial charge in [-0.25, -0.2) is 0 Å². The SMILES string of the molecule is CCC1=Cc2n[nH]cc2C=C(Cl)C1. The molecule has 1 heterocycles. The Hall–Kier alpha value is -1.02. The molecule has 3 heteroatoms. The molecule has 0 spiro atoms. The molecule has 1 aromatic heterocycles. The molecule has 0 aromatic carbocycles. The lowest BCUT2D eigenvalue weighted by Gasteiger charge is -1.99. The van der Waals surface area contributed by atoms with Crippen LogP contribution in [0.1, 0.15) is 31.0 Å². The molecule has 13 heavy (non-hydrogen) atoms. The van der Waals surface area contributed by atoms with Crippen LogP contribution in [0.5, 0.6) is 0 Å². The van der Waals surface area contributed by atoms with E-state index in [2.05, 4.69) is 23.2 Å². The fourth-order valence-electron chi connectivity index (χ4n) is 1.45. The number of nitrogens with one attached hydrogen (secondary N) is 1. The van der Waals surface area contributed by atoms with E-state index in [1.165, 1.54) is 5.57 Å². The number of halogens is 1. The molecule has 0 bridgehead atoms. The summed E-state index contributed by atoms with van der Waals surface area (Å²) in [5, 5.41) is 7.86. The van der Waals surface area contributed by atoms with Crippen LogP contribution < -0.4 is 0 Å². The normalized spacial score (nSPS) is 15.8. The average molecular weight is 195 g/mol. The molecule has 0 radical (unpaired) electrons. The van der Waals surface area contributed by atoms with Crippen molar-refractivity contribution in [1.82, 2.24) is 10.2 Å². The van der Waals surface area contributed by atoms with Crippen molar-refractivity contribution in [2.75, 3.05) is 0 Å². The highest BCUT2D eigenvalue weighted by molar-refractivity contribution is 6.31. The first-order valence-electron chi connectivity index (χ1n) is 4.39. The molecule has 1 aliphatic rings. The van der Waals surface area contributed by atoms with Gasteiger partial charge >= 0.3 is 0 Å². The van der Waals surface area contributed by atoms with Crippen molar-refractivity contribution in [1.29, 1.82) is 0 Å². The highest BCUT2D eigenvalue weighted by Gasteiger charge is 2.09. The Morgan fingerprint density at radius 1 is 1.54 bits per heavy atom. The molecule has 0 saturated carbocycles. The van der Waals surface area contributed by atoms with Gasteiger partial charge in [0, 0.05) is 23.2 Å². The van der Waals surface area contributed by atoms with Gasteiger partial charge in [0.1, 0.15) is 0 Å². The number of hydrogen-bond acceptors (Lipinski definition) is 1. The zero-order valence-electron chi connectivity index (χ0n) is 7.47. The molecule has 0 unspecified atom stereocenters. The van der Waals surface area contributed by atoms with E-state index < -0.39 is 0 Å². The monoisotopic (exact) mass is 194 g/mol. The Kier molecular flexibility index (Phi) is 2.23. The summed E-state index contributed by atoms with van der Waals surface area (Å²) in [5.41, 5.74) is 3.40. The molecular formula is C10H11ClN2. The van der Waals surface area contributed by atoms with Gasteiger partial charge in [-0.3, -0.25) is 5.10 Å². The minimum absolute atomic E-state index is 0.856. The molecule has 68 valence electrons. The molecule has 0 saturated heterocycles. The highest BCUT2D eigenvalue weighted by Crippen LogP contribution is 2.27. The van der Waals surface area contributed by atoms with Gasteiger partial charge in [-0.1, -0.05) is 24.1 Å². The minimum atomic E-state index is 0.856. The fourth-order valence-corrected chi connectivity index (χ4v) is 1.74. The summed E-state index contributed by atoms with van der Waals surface area (Å²) in [6.45, 7) is 2.13. The van der Waals surface area contributed by atoms with E-state index in [0.29, 0.717) is 0 Å². The summed E-state index contributed by atoms with van der Waals surface area (Å²) in [4.78, 5) is 0. The summed E-state index contributed by atoms with van der Waals surface area (Å²) in [7, 11) is 0. The van der Waals surface area contributed by atoms with Gasteiger partial charge in [-0.15, -0.1) is 0 Å². The fraction of sp³-hybridized carbons (Fsp3) is 0.300. The van der Waals surface area contributed by atoms with Crippen molar-refractivity contribution in [2.45, 2.75) is 19.8 Å². The Balaban J connectivity index is 2.49. The van der Waals surface area contributed by atoms with Crippen molar-refractivity contribution >= 4 is 23.8 Å². The van der Waals surface area contributed by atoms with E-state index in [9.17, 15) is 0 Å². The first kappa shape index (κ1) is 8.57. The number of hydrogen-bond donors (Lipinski definition) is 1. The predicted octanol–water partition coefficient (Wildman–Crippen LogP) is 3.19. The van der Waals surface area contributed by atoms with Crippen molar-refractivity contribution in [3.05, 3.63) is 28.1 Å². The van der Waals surface area contributed by atoms with Gasteiger partial charge < -0.3 is 0 Å². The second-order valence-electron chi connectivity index (χ2n) is 3.15. The predicted molar refractivity (Wildman–Crippen MR) is 55.3 cm³/mol.